The predicted octanol–water partition coefficient (Wildman–Crippen LogP) is -1.08. The van der Waals surface area contributed by atoms with Gasteiger partial charge in [-0.2, -0.15) is 5.26 Å². The van der Waals surface area contributed by atoms with Crippen molar-refractivity contribution in [1.29, 1.82) is 5.26 Å². The number of anilines is 1. The van der Waals surface area contributed by atoms with Gasteiger partial charge in [-0.3, -0.25) is 13.9 Å². The minimum atomic E-state index is -0.871. The van der Waals surface area contributed by atoms with Crippen molar-refractivity contribution in [2.24, 2.45) is 14.1 Å². The highest BCUT2D eigenvalue weighted by molar-refractivity contribution is 5.54. The zero-order valence-corrected chi connectivity index (χ0v) is 11.2. The number of aliphatic hydroxyl groups is 1. The van der Waals surface area contributed by atoms with Crippen LogP contribution in [-0.2, 0) is 14.1 Å². The first kappa shape index (κ1) is 13.4. The Kier molecular flexibility index (Phi) is 2.98. The van der Waals surface area contributed by atoms with E-state index in [0.717, 1.165) is 4.57 Å². The lowest BCUT2D eigenvalue weighted by molar-refractivity contribution is 0.0838. The monoisotopic (exact) mass is 264 g/mol. The number of β-amino-alcohol motifs (C(OH)–C–C–N with tert-alkyl or cyclic N) is 1. The van der Waals surface area contributed by atoms with Crippen molar-refractivity contribution >= 4 is 5.82 Å². The third kappa shape index (κ3) is 2.04. The minimum Gasteiger partial charge on any atom is -0.388 e. The van der Waals surface area contributed by atoms with Crippen LogP contribution in [0.15, 0.2) is 9.59 Å². The lowest BCUT2D eigenvalue weighted by atomic mass is 10.1. The van der Waals surface area contributed by atoms with Gasteiger partial charge in [0.15, 0.2) is 5.56 Å². The molecule has 1 saturated heterocycles. The van der Waals surface area contributed by atoms with Gasteiger partial charge in [-0.15, -0.1) is 0 Å². The zero-order valence-electron chi connectivity index (χ0n) is 11.2. The SMILES string of the molecule is Cn1c(N2CCC(C)(O)C2)c(C#N)c(=O)n(C)c1=O. The molecule has 0 spiro atoms. The van der Waals surface area contributed by atoms with Crippen molar-refractivity contribution in [2.45, 2.75) is 18.9 Å². The molecule has 0 radical (unpaired) electrons. The van der Waals surface area contributed by atoms with Crippen LogP contribution in [0.1, 0.15) is 18.9 Å². The number of aromatic nitrogens is 2. The average molecular weight is 264 g/mol. The summed E-state index contributed by atoms with van der Waals surface area (Å²) in [6.07, 6.45) is 0.529. The van der Waals surface area contributed by atoms with E-state index in [0.29, 0.717) is 19.5 Å². The average Bonchev–Trinajstić information content (AvgIpc) is 2.71. The summed E-state index contributed by atoms with van der Waals surface area (Å²) in [4.78, 5) is 25.6. The Morgan fingerprint density at radius 2 is 1.95 bits per heavy atom. The summed E-state index contributed by atoms with van der Waals surface area (Å²) < 4.78 is 2.19. The van der Waals surface area contributed by atoms with E-state index < -0.39 is 16.9 Å². The molecule has 2 rings (SSSR count). The van der Waals surface area contributed by atoms with E-state index in [2.05, 4.69) is 0 Å². The van der Waals surface area contributed by atoms with Gasteiger partial charge in [0, 0.05) is 27.2 Å². The van der Waals surface area contributed by atoms with Crippen LogP contribution in [0.5, 0.6) is 0 Å². The molecule has 0 saturated carbocycles. The molecule has 102 valence electrons. The fraction of sp³-hybridized carbons (Fsp3) is 0.583. The van der Waals surface area contributed by atoms with Crippen LogP contribution < -0.4 is 16.1 Å². The Balaban J connectivity index is 2.68. The maximum absolute atomic E-state index is 11.9. The topological polar surface area (TPSA) is 91.3 Å². The Bertz CT molecular complexity index is 678. The highest BCUT2D eigenvalue weighted by Crippen LogP contribution is 2.26. The van der Waals surface area contributed by atoms with Crippen LogP contribution in [0.25, 0.3) is 0 Å². The van der Waals surface area contributed by atoms with Crippen molar-refractivity contribution in [2.75, 3.05) is 18.0 Å². The number of nitrogens with zero attached hydrogens (tertiary/aromatic N) is 4. The molecule has 0 aromatic carbocycles. The largest absolute Gasteiger partial charge is 0.388 e. The molecule has 1 aliphatic heterocycles. The molecule has 1 atom stereocenters. The Morgan fingerprint density at radius 1 is 1.32 bits per heavy atom. The minimum absolute atomic E-state index is 0.0673. The van der Waals surface area contributed by atoms with Gasteiger partial charge in [-0.1, -0.05) is 0 Å². The van der Waals surface area contributed by atoms with Crippen molar-refractivity contribution in [3.8, 4) is 6.07 Å². The van der Waals surface area contributed by atoms with Gasteiger partial charge in [0.2, 0.25) is 0 Å². The van der Waals surface area contributed by atoms with Crippen LogP contribution in [0, 0.1) is 11.3 Å². The first-order valence-electron chi connectivity index (χ1n) is 5.96. The van der Waals surface area contributed by atoms with Gasteiger partial charge >= 0.3 is 5.69 Å². The van der Waals surface area contributed by atoms with E-state index in [4.69, 9.17) is 5.26 Å². The molecule has 1 aliphatic rings. The Hall–Kier alpha value is -2.07. The van der Waals surface area contributed by atoms with E-state index in [9.17, 15) is 14.7 Å². The summed E-state index contributed by atoms with van der Waals surface area (Å²) in [5.74, 6) is 0.286. The first-order chi connectivity index (χ1) is 8.78. The van der Waals surface area contributed by atoms with Gasteiger partial charge in [0.1, 0.15) is 11.9 Å². The number of hydrogen-bond acceptors (Lipinski definition) is 5. The molecule has 0 aliphatic carbocycles. The van der Waals surface area contributed by atoms with Gasteiger partial charge in [0.05, 0.1) is 5.60 Å². The molecule has 1 aromatic heterocycles. The second-order valence-electron chi connectivity index (χ2n) is 5.18. The Morgan fingerprint density at radius 3 is 2.42 bits per heavy atom. The predicted molar refractivity (Wildman–Crippen MR) is 69.1 cm³/mol. The van der Waals surface area contributed by atoms with Gasteiger partial charge in [-0.05, 0) is 13.3 Å². The molecule has 0 amide bonds. The summed E-state index contributed by atoms with van der Waals surface area (Å²) >= 11 is 0. The van der Waals surface area contributed by atoms with E-state index >= 15 is 0 Å². The van der Waals surface area contributed by atoms with Crippen LogP contribution in [-0.4, -0.2) is 32.9 Å². The summed E-state index contributed by atoms with van der Waals surface area (Å²) in [6.45, 7) is 2.49. The molecule has 1 aromatic rings. The zero-order chi connectivity index (χ0) is 14.4. The van der Waals surface area contributed by atoms with Crippen LogP contribution in [0.4, 0.5) is 5.82 Å². The fourth-order valence-electron chi connectivity index (χ4n) is 2.43. The summed E-state index contributed by atoms with van der Waals surface area (Å²) in [5, 5.41) is 19.1. The molecule has 1 fully saturated rings. The lowest BCUT2D eigenvalue weighted by Crippen LogP contribution is -2.43. The summed E-state index contributed by atoms with van der Waals surface area (Å²) in [7, 11) is 2.86. The van der Waals surface area contributed by atoms with Gasteiger partial charge in [-0.25, -0.2) is 4.79 Å². The van der Waals surface area contributed by atoms with E-state index in [1.807, 2.05) is 6.07 Å². The number of hydrogen-bond donors (Lipinski definition) is 1. The second-order valence-corrected chi connectivity index (χ2v) is 5.18. The third-order valence-corrected chi connectivity index (χ3v) is 3.50. The molecular weight excluding hydrogens is 248 g/mol. The van der Waals surface area contributed by atoms with Crippen molar-refractivity contribution in [3.63, 3.8) is 0 Å². The second kappa shape index (κ2) is 4.24. The van der Waals surface area contributed by atoms with Gasteiger partial charge < -0.3 is 10.0 Å². The van der Waals surface area contributed by atoms with Crippen molar-refractivity contribution in [1.82, 2.24) is 9.13 Å². The summed E-state index contributed by atoms with van der Waals surface area (Å²) in [6, 6.07) is 1.86. The van der Waals surface area contributed by atoms with E-state index in [1.54, 1.807) is 11.8 Å². The van der Waals surface area contributed by atoms with Crippen LogP contribution in [0.2, 0.25) is 0 Å². The molecule has 19 heavy (non-hydrogen) atoms. The standard InChI is InChI=1S/C12H16N4O3/c1-12(19)4-5-16(7-12)9-8(6-13)10(17)15(3)11(18)14(9)2/h19H,4-5,7H2,1-3H3. The molecule has 1 unspecified atom stereocenters. The number of rotatable bonds is 1. The molecule has 7 heteroatoms. The van der Waals surface area contributed by atoms with Gasteiger partial charge in [0.25, 0.3) is 5.56 Å². The highest BCUT2D eigenvalue weighted by Gasteiger charge is 2.34. The molecular formula is C12H16N4O3. The lowest BCUT2D eigenvalue weighted by Gasteiger charge is -2.23. The maximum atomic E-state index is 11.9. The molecule has 7 nitrogen and oxygen atoms in total. The molecule has 0 bridgehead atoms. The van der Waals surface area contributed by atoms with Crippen molar-refractivity contribution in [3.05, 3.63) is 26.4 Å². The highest BCUT2D eigenvalue weighted by atomic mass is 16.3. The smallest absolute Gasteiger partial charge is 0.332 e. The maximum Gasteiger partial charge on any atom is 0.332 e. The third-order valence-electron chi connectivity index (χ3n) is 3.50. The quantitative estimate of drug-likeness (QED) is 0.696. The molecule has 2 heterocycles. The van der Waals surface area contributed by atoms with Crippen molar-refractivity contribution < 1.29 is 5.11 Å². The normalized spacial score (nSPS) is 22.6. The molecule has 1 N–H and O–H groups in total. The van der Waals surface area contributed by atoms with Crippen LogP contribution in [0.3, 0.4) is 0 Å². The Labute approximate surface area is 109 Å². The fourth-order valence-corrected chi connectivity index (χ4v) is 2.43. The van der Waals surface area contributed by atoms with E-state index in [1.165, 1.54) is 18.7 Å². The van der Waals surface area contributed by atoms with E-state index in [-0.39, 0.29) is 11.4 Å². The number of nitriles is 1. The summed E-state index contributed by atoms with van der Waals surface area (Å²) in [5.41, 5.74) is -2.02. The van der Waals surface area contributed by atoms with Crippen LogP contribution >= 0.6 is 0 Å². The first-order valence-corrected chi connectivity index (χ1v) is 5.96.